The summed E-state index contributed by atoms with van der Waals surface area (Å²) in [5.74, 6) is 6.29. The van der Waals surface area contributed by atoms with Gasteiger partial charge >= 0.3 is 0 Å². The van der Waals surface area contributed by atoms with Crippen LogP contribution in [0, 0.1) is 17.8 Å². The largest absolute Gasteiger partial charge is 0.317 e. The van der Waals surface area contributed by atoms with Crippen LogP contribution in [0.1, 0.15) is 81.8 Å². The highest BCUT2D eigenvalue weighted by molar-refractivity contribution is 5.19. The maximum atomic E-state index is 4.76. The van der Waals surface area contributed by atoms with E-state index in [9.17, 15) is 0 Å². The molecular formula is C18H27N3. The summed E-state index contributed by atoms with van der Waals surface area (Å²) in [6, 6.07) is 0. The zero-order valence-corrected chi connectivity index (χ0v) is 13.2. The van der Waals surface area contributed by atoms with Gasteiger partial charge in [-0.25, -0.2) is 0 Å². The van der Waals surface area contributed by atoms with Crippen LogP contribution in [0.2, 0.25) is 0 Å². The monoisotopic (exact) mass is 285 g/mol. The van der Waals surface area contributed by atoms with Gasteiger partial charge in [0.25, 0.3) is 0 Å². The average molecular weight is 285 g/mol. The van der Waals surface area contributed by atoms with Gasteiger partial charge in [0.15, 0.2) is 0 Å². The normalized spacial score (nSPS) is 42.0. The van der Waals surface area contributed by atoms with Crippen molar-refractivity contribution in [2.24, 2.45) is 24.8 Å². The Morgan fingerprint density at radius 1 is 0.905 bits per heavy atom. The van der Waals surface area contributed by atoms with Crippen molar-refractivity contribution < 1.29 is 0 Å². The van der Waals surface area contributed by atoms with Gasteiger partial charge < -0.3 is 4.57 Å². The number of rotatable bonds is 2. The van der Waals surface area contributed by atoms with Crippen LogP contribution in [0.25, 0.3) is 0 Å². The van der Waals surface area contributed by atoms with E-state index in [4.69, 9.17) is 5.10 Å². The Labute approximate surface area is 127 Å². The molecule has 1 aromatic heterocycles. The Morgan fingerprint density at radius 2 is 1.48 bits per heavy atom. The van der Waals surface area contributed by atoms with E-state index in [0.29, 0.717) is 11.3 Å². The van der Waals surface area contributed by atoms with Gasteiger partial charge in [-0.3, -0.25) is 0 Å². The SMILES string of the molecule is Cn1c(C2CCCC2)nnc1C12CC3CC(CC(C3)C1)C2. The minimum atomic E-state index is 0.396. The highest BCUT2D eigenvalue weighted by Crippen LogP contribution is 2.60. The molecule has 1 heterocycles. The number of nitrogens with zero attached hydrogens (tertiary/aromatic N) is 3. The van der Waals surface area contributed by atoms with Crippen LogP contribution in [-0.4, -0.2) is 14.8 Å². The van der Waals surface area contributed by atoms with Crippen LogP contribution < -0.4 is 0 Å². The van der Waals surface area contributed by atoms with E-state index < -0.39 is 0 Å². The summed E-state index contributed by atoms with van der Waals surface area (Å²) in [6.45, 7) is 0. The Hall–Kier alpha value is -0.860. The molecule has 0 saturated heterocycles. The zero-order chi connectivity index (χ0) is 14.0. The molecule has 4 bridgehead atoms. The molecule has 5 aliphatic rings. The summed E-state index contributed by atoms with van der Waals surface area (Å²) in [5, 5.41) is 9.43. The van der Waals surface area contributed by atoms with Crippen LogP contribution >= 0.6 is 0 Å². The van der Waals surface area contributed by atoms with Gasteiger partial charge in [0.05, 0.1) is 0 Å². The minimum absolute atomic E-state index is 0.396. The molecule has 0 radical (unpaired) electrons. The van der Waals surface area contributed by atoms with E-state index in [-0.39, 0.29) is 0 Å². The van der Waals surface area contributed by atoms with Crippen LogP contribution in [0.15, 0.2) is 0 Å². The third kappa shape index (κ3) is 1.78. The zero-order valence-electron chi connectivity index (χ0n) is 13.2. The van der Waals surface area contributed by atoms with Gasteiger partial charge in [-0.2, -0.15) is 0 Å². The van der Waals surface area contributed by atoms with E-state index >= 15 is 0 Å². The topological polar surface area (TPSA) is 30.7 Å². The first-order chi connectivity index (χ1) is 10.2. The predicted octanol–water partition coefficient (Wildman–Crippen LogP) is 3.94. The van der Waals surface area contributed by atoms with Crippen molar-refractivity contribution >= 4 is 0 Å². The highest BCUT2D eigenvalue weighted by atomic mass is 15.3. The summed E-state index contributed by atoms with van der Waals surface area (Å²) < 4.78 is 2.42. The Morgan fingerprint density at radius 3 is 2.05 bits per heavy atom. The molecule has 114 valence electrons. The van der Waals surface area contributed by atoms with E-state index in [2.05, 4.69) is 16.7 Å². The van der Waals surface area contributed by atoms with Crippen LogP contribution in [0.5, 0.6) is 0 Å². The van der Waals surface area contributed by atoms with Crippen molar-refractivity contribution in [3.63, 3.8) is 0 Å². The second-order valence-corrected chi connectivity index (χ2v) is 8.62. The van der Waals surface area contributed by atoms with E-state index in [1.807, 2.05) is 0 Å². The van der Waals surface area contributed by atoms with Crippen LogP contribution in [0.3, 0.4) is 0 Å². The van der Waals surface area contributed by atoms with Gasteiger partial charge in [0, 0.05) is 18.4 Å². The second-order valence-electron chi connectivity index (χ2n) is 8.62. The molecule has 0 atom stereocenters. The van der Waals surface area contributed by atoms with Gasteiger partial charge in [-0.1, -0.05) is 12.8 Å². The molecule has 5 aliphatic carbocycles. The number of hydrogen-bond acceptors (Lipinski definition) is 2. The number of aromatic nitrogens is 3. The molecule has 0 unspecified atom stereocenters. The molecule has 0 aromatic carbocycles. The van der Waals surface area contributed by atoms with Crippen molar-refractivity contribution in [2.45, 2.75) is 75.5 Å². The first kappa shape index (κ1) is 12.7. The second kappa shape index (κ2) is 4.33. The summed E-state index contributed by atoms with van der Waals surface area (Å²) in [7, 11) is 2.25. The lowest BCUT2D eigenvalue weighted by Gasteiger charge is -2.56. The van der Waals surface area contributed by atoms with Crippen molar-refractivity contribution in [1.29, 1.82) is 0 Å². The molecular weight excluding hydrogens is 258 g/mol. The van der Waals surface area contributed by atoms with Gasteiger partial charge in [-0.05, 0) is 69.1 Å². The molecule has 3 nitrogen and oxygen atoms in total. The Bertz CT molecular complexity index is 518. The fraction of sp³-hybridized carbons (Fsp3) is 0.889. The van der Waals surface area contributed by atoms with E-state index in [1.54, 1.807) is 0 Å². The highest BCUT2D eigenvalue weighted by Gasteiger charge is 2.53. The maximum absolute atomic E-state index is 4.76. The van der Waals surface area contributed by atoms with Gasteiger partial charge in [0.1, 0.15) is 11.6 Å². The first-order valence-corrected chi connectivity index (χ1v) is 9.13. The number of hydrogen-bond donors (Lipinski definition) is 0. The molecule has 6 rings (SSSR count). The lowest BCUT2D eigenvalue weighted by Crippen LogP contribution is -2.49. The van der Waals surface area contributed by atoms with Crippen molar-refractivity contribution in [1.82, 2.24) is 14.8 Å². The first-order valence-electron chi connectivity index (χ1n) is 9.13. The minimum Gasteiger partial charge on any atom is -0.317 e. The molecule has 5 fully saturated rings. The lowest BCUT2D eigenvalue weighted by molar-refractivity contribution is -0.0108. The standard InChI is InChI=1S/C18H27N3/c1-21-16(15-4-2-3-5-15)19-20-17(21)18-9-12-6-13(10-18)8-14(7-12)11-18/h12-15H,2-11H2,1H3. The van der Waals surface area contributed by atoms with E-state index in [1.165, 1.54) is 75.9 Å². The predicted molar refractivity (Wildman–Crippen MR) is 82.1 cm³/mol. The third-order valence-corrected chi connectivity index (χ3v) is 7.14. The van der Waals surface area contributed by atoms with Gasteiger partial charge in [0.2, 0.25) is 0 Å². The lowest BCUT2D eigenvalue weighted by atomic mass is 9.49. The molecule has 0 spiro atoms. The van der Waals surface area contributed by atoms with E-state index in [0.717, 1.165) is 17.8 Å². The quantitative estimate of drug-likeness (QED) is 0.824. The fourth-order valence-electron chi connectivity index (χ4n) is 6.73. The molecule has 0 aliphatic heterocycles. The molecule has 5 saturated carbocycles. The summed E-state index contributed by atoms with van der Waals surface area (Å²) in [5.41, 5.74) is 0.396. The van der Waals surface area contributed by atoms with Gasteiger partial charge in [-0.15, -0.1) is 10.2 Å². The van der Waals surface area contributed by atoms with Crippen molar-refractivity contribution in [2.75, 3.05) is 0 Å². The summed E-state index contributed by atoms with van der Waals surface area (Å²) in [4.78, 5) is 0. The smallest absolute Gasteiger partial charge is 0.139 e. The Kier molecular flexibility index (Phi) is 2.61. The summed E-state index contributed by atoms with van der Waals surface area (Å²) >= 11 is 0. The Balaban J connectivity index is 1.52. The molecule has 0 amide bonds. The van der Waals surface area contributed by atoms with Crippen molar-refractivity contribution in [3.05, 3.63) is 11.6 Å². The molecule has 3 heteroatoms. The van der Waals surface area contributed by atoms with Crippen LogP contribution in [-0.2, 0) is 12.5 Å². The third-order valence-electron chi connectivity index (χ3n) is 7.14. The molecule has 1 aromatic rings. The molecule has 0 N–H and O–H groups in total. The van der Waals surface area contributed by atoms with Crippen LogP contribution in [0.4, 0.5) is 0 Å². The maximum Gasteiger partial charge on any atom is 0.139 e. The molecule has 21 heavy (non-hydrogen) atoms. The van der Waals surface area contributed by atoms with Crippen molar-refractivity contribution in [3.8, 4) is 0 Å². The summed E-state index contributed by atoms with van der Waals surface area (Å²) in [6.07, 6.45) is 14.1. The fourth-order valence-corrected chi connectivity index (χ4v) is 6.73. The average Bonchev–Trinajstić information content (AvgIpc) is 3.05.